The summed E-state index contributed by atoms with van der Waals surface area (Å²) in [4.78, 5) is 40.0. The Morgan fingerprint density at radius 2 is 2.00 bits per heavy atom. The summed E-state index contributed by atoms with van der Waals surface area (Å²) >= 11 is 0. The fourth-order valence-corrected chi connectivity index (χ4v) is 3.33. The minimum atomic E-state index is -1.15. The monoisotopic (exact) mass is 394 g/mol. The van der Waals surface area contributed by atoms with Crippen molar-refractivity contribution in [3.8, 4) is 5.75 Å². The Labute approximate surface area is 164 Å². The molecule has 148 valence electrons. The van der Waals surface area contributed by atoms with E-state index in [0.29, 0.717) is 19.5 Å². The molecule has 29 heavy (non-hydrogen) atoms. The van der Waals surface area contributed by atoms with Crippen molar-refractivity contribution in [2.45, 2.75) is 12.8 Å². The quantitative estimate of drug-likeness (QED) is 0.662. The van der Waals surface area contributed by atoms with Crippen molar-refractivity contribution in [3.05, 3.63) is 73.9 Å². The molecule has 0 saturated carbocycles. The number of benzene rings is 2. The van der Waals surface area contributed by atoms with Crippen LogP contribution in [-0.4, -0.2) is 31.8 Å². The van der Waals surface area contributed by atoms with Gasteiger partial charge in [0.15, 0.2) is 11.2 Å². The van der Waals surface area contributed by atoms with Gasteiger partial charge in [-0.25, -0.2) is 9.59 Å². The summed E-state index contributed by atoms with van der Waals surface area (Å²) in [5.74, 6) is 0.324. The van der Waals surface area contributed by atoms with Crippen LogP contribution in [-0.2, 0) is 6.42 Å². The minimum Gasteiger partial charge on any atom is -0.497 e. The zero-order valence-corrected chi connectivity index (χ0v) is 15.7. The van der Waals surface area contributed by atoms with E-state index in [1.807, 2.05) is 18.2 Å². The second-order valence-corrected chi connectivity index (χ2v) is 6.52. The lowest BCUT2D eigenvalue weighted by molar-refractivity contribution is 0.0955. The molecular weight excluding hydrogens is 376 g/mol. The van der Waals surface area contributed by atoms with Crippen molar-refractivity contribution >= 4 is 22.8 Å². The molecule has 8 nitrogen and oxygen atoms in total. The summed E-state index contributed by atoms with van der Waals surface area (Å²) in [6, 6.07) is 10.4. The number of fused-ring (bicyclic) bond motifs is 2. The van der Waals surface area contributed by atoms with E-state index in [9.17, 15) is 14.4 Å². The molecule has 0 bridgehead atoms. The maximum atomic E-state index is 12.6. The maximum absolute atomic E-state index is 12.6. The van der Waals surface area contributed by atoms with Gasteiger partial charge in [0.05, 0.1) is 12.7 Å². The van der Waals surface area contributed by atoms with Gasteiger partial charge in [0, 0.05) is 30.8 Å². The molecule has 2 aromatic carbocycles. The Kier molecular flexibility index (Phi) is 4.99. The fourth-order valence-electron chi connectivity index (χ4n) is 3.33. The summed E-state index contributed by atoms with van der Waals surface area (Å²) in [6.07, 6.45) is 1.41. The molecule has 0 radical (unpaired) electrons. The Bertz CT molecular complexity index is 1240. The highest BCUT2D eigenvalue weighted by Gasteiger charge is 2.17. The zero-order valence-electron chi connectivity index (χ0n) is 15.7. The van der Waals surface area contributed by atoms with Gasteiger partial charge in [-0.15, -0.1) is 0 Å². The van der Waals surface area contributed by atoms with Gasteiger partial charge in [0.1, 0.15) is 5.75 Å². The molecule has 0 unspecified atom stereocenters. The second-order valence-electron chi connectivity index (χ2n) is 6.52. The first-order valence-electron chi connectivity index (χ1n) is 9.12. The van der Waals surface area contributed by atoms with Crippen molar-refractivity contribution < 1.29 is 18.4 Å². The van der Waals surface area contributed by atoms with Gasteiger partial charge in [-0.3, -0.25) is 9.79 Å². The average Bonchev–Trinajstić information content (AvgIpc) is 2.74. The number of hydrogen-bond acceptors (Lipinski definition) is 7. The van der Waals surface area contributed by atoms with Gasteiger partial charge in [-0.05, 0) is 36.2 Å². The number of ether oxygens (including phenoxy) is 1. The van der Waals surface area contributed by atoms with Gasteiger partial charge < -0.3 is 18.9 Å². The highest BCUT2D eigenvalue weighted by atomic mass is 16.5. The molecular formula is C21H18N2O6. The predicted octanol–water partition coefficient (Wildman–Crippen LogP) is 1.92. The normalized spacial score (nSPS) is 12.9. The third-order valence-corrected chi connectivity index (χ3v) is 4.75. The number of aliphatic imine (C=N–C) groups is 1. The first kappa shape index (κ1) is 18.7. The predicted molar refractivity (Wildman–Crippen MR) is 106 cm³/mol. The topological polar surface area (TPSA) is 111 Å². The lowest BCUT2D eigenvalue weighted by Gasteiger charge is -2.18. The standard InChI is InChI=1S/C21H18N2O6/c1-27-13-6-5-12-7-9-22-16(15(12)11-13)8-10-23-19(24)14-3-2-4-17-18(14)29-21(26)20(25)28-17/h2-6,11H,7-10H2,1H3,(H,23,24). The van der Waals surface area contributed by atoms with Gasteiger partial charge in [0.2, 0.25) is 0 Å². The van der Waals surface area contributed by atoms with Crippen LogP contribution in [0.2, 0.25) is 0 Å². The average molecular weight is 394 g/mol. The molecule has 0 saturated heterocycles. The van der Waals surface area contributed by atoms with Gasteiger partial charge in [-0.1, -0.05) is 12.1 Å². The van der Waals surface area contributed by atoms with Crippen LogP contribution >= 0.6 is 0 Å². The number of nitrogens with zero attached hydrogens (tertiary/aromatic N) is 1. The Hall–Kier alpha value is -3.68. The first-order valence-corrected chi connectivity index (χ1v) is 9.12. The van der Waals surface area contributed by atoms with Crippen LogP contribution in [0.15, 0.2) is 59.8 Å². The molecule has 4 rings (SSSR count). The van der Waals surface area contributed by atoms with E-state index >= 15 is 0 Å². The lowest BCUT2D eigenvalue weighted by Crippen LogP contribution is -2.28. The summed E-state index contributed by atoms with van der Waals surface area (Å²) in [5.41, 5.74) is 0.978. The third kappa shape index (κ3) is 3.69. The molecule has 8 heteroatoms. The molecule has 1 aliphatic rings. The fraction of sp³-hybridized carbons (Fsp3) is 0.238. The third-order valence-electron chi connectivity index (χ3n) is 4.75. The van der Waals surface area contributed by atoms with Crippen molar-refractivity contribution in [1.82, 2.24) is 5.32 Å². The SMILES string of the molecule is COc1ccc2c(c1)C(CCNC(=O)c1cccc3oc(=O)c(=O)oc13)=NCC2. The molecule has 1 aromatic heterocycles. The highest BCUT2D eigenvalue weighted by Crippen LogP contribution is 2.23. The van der Waals surface area contributed by atoms with E-state index in [0.717, 1.165) is 23.4 Å². The lowest BCUT2D eigenvalue weighted by atomic mass is 9.95. The van der Waals surface area contributed by atoms with E-state index in [1.165, 1.54) is 17.7 Å². The molecule has 3 aromatic rings. The molecule has 0 fully saturated rings. The largest absolute Gasteiger partial charge is 0.497 e. The van der Waals surface area contributed by atoms with Gasteiger partial charge in [0.25, 0.3) is 5.91 Å². The van der Waals surface area contributed by atoms with Crippen molar-refractivity contribution in [1.29, 1.82) is 0 Å². The van der Waals surface area contributed by atoms with Crippen molar-refractivity contribution in [2.24, 2.45) is 4.99 Å². The minimum absolute atomic E-state index is 0.0416. The van der Waals surface area contributed by atoms with Crippen molar-refractivity contribution in [2.75, 3.05) is 20.2 Å². The summed E-state index contributed by atoms with van der Waals surface area (Å²) < 4.78 is 15.1. The zero-order chi connectivity index (χ0) is 20.4. The Balaban J connectivity index is 1.50. The number of para-hydroxylation sites is 1. The molecule has 0 atom stereocenters. The molecule has 1 N–H and O–H groups in total. The van der Waals surface area contributed by atoms with Crippen LogP contribution in [0.3, 0.4) is 0 Å². The number of carbonyl (C=O) groups is 1. The van der Waals surface area contributed by atoms with Gasteiger partial charge >= 0.3 is 11.3 Å². The van der Waals surface area contributed by atoms with Crippen LogP contribution in [0.5, 0.6) is 5.75 Å². The summed E-state index contributed by atoms with van der Waals surface area (Å²) in [7, 11) is 1.62. The number of hydrogen-bond donors (Lipinski definition) is 1. The summed E-state index contributed by atoms with van der Waals surface area (Å²) in [5, 5.41) is 2.80. The van der Waals surface area contributed by atoms with E-state index in [4.69, 9.17) is 13.6 Å². The second kappa shape index (κ2) is 7.75. The number of rotatable bonds is 5. The summed E-state index contributed by atoms with van der Waals surface area (Å²) in [6.45, 7) is 1.04. The molecule has 0 spiro atoms. The molecule has 2 heterocycles. The number of carbonyl (C=O) groups excluding carboxylic acids is 1. The number of amides is 1. The highest BCUT2D eigenvalue weighted by molar-refractivity contribution is 6.05. The molecule has 1 aliphatic heterocycles. The van der Waals surface area contributed by atoms with E-state index in [-0.39, 0.29) is 16.7 Å². The van der Waals surface area contributed by atoms with E-state index < -0.39 is 17.2 Å². The van der Waals surface area contributed by atoms with Crippen LogP contribution in [0.4, 0.5) is 0 Å². The van der Waals surface area contributed by atoms with Crippen LogP contribution in [0.25, 0.3) is 11.2 Å². The maximum Gasteiger partial charge on any atom is 0.423 e. The Morgan fingerprint density at radius 3 is 2.83 bits per heavy atom. The number of nitrogens with one attached hydrogen (secondary N) is 1. The Morgan fingerprint density at radius 1 is 1.17 bits per heavy atom. The molecule has 1 amide bonds. The van der Waals surface area contributed by atoms with Crippen molar-refractivity contribution in [3.63, 3.8) is 0 Å². The van der Waals surface area contributed by atoms with Gasteiger partial charge in [-0.2, -0.15) is 0 Å². The van der Waals surface area contributed by atoms with E-state index in [2.05, 4.69) is 10.3 Å². The van der Waals surface area contributed by atoms with E-state index in [1.54, 1.807) is 13.2 Å². The van der Waals surface area contributed by atoms with Crippen LogP contribution in [0.1, 0.15) is 27.9 Å². The first-order chi connectivity index (χ1) is 14.1. The number of methoxy groups -OCH3 is 1. The van der Waals surface area contributed by atoms with Crippen LogP contribution < -0.4 is 21.3 Å². The van der Waals surface area contributed by atoms with Crippen LogP contribution in [0, 0.1) is 0 Å². The molecule has 0 aliphatic carbocycles. The smallest absolute Gasteiger partial charge is 0.423 e.